The summed E-state index contributed by atoms with van der Waals surface area (Å²) in [5.41, 5.74) is 0.681. The van der Waals surface area contributed by atoms with Gasteiger partial charge in [0.15, 0.2) is 0 Å². The van der Waals surface area contributed by atoms with Gasteiger partial charge >= 0.3 is 6.18 Å². The highest BCUT2D eigenvalue weighted by Crippen LogP contribution is 2.37. The summed E-state index contributed by atoms with van der Waals surface area (Å²) in [5.74, 6) is 0. The molecule has 0 saturated carbocycles. The molecule has 2 saturated heterocycles. The third-order valence-electron chi connectivity index (χ3n) is 4.00. The van der Waals surface area contributed by atoms with Crippen molar-refractivity contribution in [2.24, 2.45) is 5.41 Å². The van der Waals surface area contributed by atoms with Crippen LogP contribution in [0.3, 0.4) is 0 Å². The molecule has 98 valence electrons. The molecular weight excluding hydrogens is 241 g/mol. The number of anilines is 1. The Morgan fingerprint density at radius 1 is 1.11 bits per heavy atom. The molecule has 2 aliphatic heterocycles. The zero-order valence-corrected chi connectivity index (χ0v) is 9.93. The zero-order valence-electron chi connectivity index (χ0n) is 9.93. The Morgan fingerprint density at radius 3 is 2.22 bits per heavy atom. The van der Waals surface area contributed by atoms with Crippen LogP contribution in [-0.2, 0) is 6.18 Å². The van der Waals surface area contributed by atoms with Crippen molar-refractivity contribution in [1.82, 2.24) is 5.32 Å². The summed E-state index contributed by atoms with van der Waals surface area (Å²) in [7, 11) is 0. The zero-order chi connectivity index (χ0) is 12.8. The van der Waals surface area contributed by atoms with E-state index in [0.29, 0.717) is 5.41 Å². The van der Waals surface area contributed by atoms with Gasteiger partial charge in [0.05, 0.1) is 5.56 Å². The van der Waals surface area contributed by atoms with Crippen LogP contribution < -0.4 is 10.2 Å². The quantitative estimate of drug-likeness (QED) is 0.830. The van der Waals surface area contributed by atoms with Crippen LogP contribution in [0.5, 0.6) is 0 Å². The Hall–Kier alpha value is -1.23. The smallest absolute Gasteiger partial charge is 0.371 e. The molecule has 0 radical (unpaired) electrons. The Balaban J connectivity index is 1.74. The Bertz CT molecular complexity index is 435. The number of halogens is 3. The highest BCUT2D eigenvalue weighted by molar-refractivity contribution is 5.49. The van der Waals surface area contributed by atoms with Crippen LogP contribution in [0.1, 0.15) is 12.0 Å². The number of benzene rings is 1. The summed E-state index contributed by atoms with van der Waals surface area (Å²) in [6.07, 6.45) is -3.12. The minimum atomic E-state index is -4.25. The molecule has 0 aromatic heterocycles. The van der Waals surface area contributed by atoms with E-state index < -0.39 is 11.7 Å². The van der Waals surface area contributed by atoms with Gasteiger partial charge in [0.2, 0.25) is 0 Å². The van der Waals surface area contributed by atoms with Crippen molar-refractivity contribution in [2.75, 3.05) is 31.1 Å². The van der Waals surface area contributed by atoms with Crippen LogP contribution in [0.15, 0.2) is 24.3 Å². The van der Waals surface area contributed by atoms with Gasteiger partial charge in [0, 0.05) is 37.3 Å². The van der Waals surface area contributed by atoms with Crippen molar-refractivity contribution in [1.29, 1.82) is 0 Å². The summed E-state index contributed by atoms with van der Waals surface area (Å²) in [5, 5.41) is 3.27. The Labute approximate surface area is 104 Å². The number of nitrogens with one attached hydrogen (secondary N) is 1. The van der Waals surface area contributed by atoms with Crippen molar-refractivity contribution in [3.8, 4) is 0 Å². The molecule has 1 spiro atoms. The number of hydrogen-bond acceptors (Lipinski definition) is 2. The number of alkyl halides is 3. The first kappa shape index (κ1) is 11.8. The third-order valence-corrected chi connectivity index (χ3v) is 4.00. The first-order chi connectivity index (χ1) is 8.49. The first-order valence-electron chi connectivity index (χ1n) is 6.12. The average Bonchev–Trinajstić information content (AvgIpc) is 2.73. The van der Waals surface area contributed by atoms with E-state index in [9.17, 15) is 13.2 Å². The van der Waals surface area contributed by atoms with Crippen LogP contribution in [0.2, 0.25) is 0 Å². The van der Waals surface area contributed by atoms with Gasteiger partial charge in [-0.05, 0) is 30.7 Å². The summed E-state index contributed by atoms with van der Waals surface area (Å²) < 4.78 is 37.4. The first-order valence-corrected chi connectivity index (χ1v) is 6.12. The molecule has 5 heteroatoms. The van der Waals surface area contributed by atoms with Gasteiger partial charge in [-0.3, -0.25) is 0 Å². The van der Waals surface area contributed by atoms with E-state index in [1.807, 2.05) is 0 Å². The molecule has 1 aromatic carbocycles. The molecular formula is C13H15F3N2. The fourth-order valence-electron chi connectivity index (χ4n) is 2.78. The van der Waals surface area contributed by atoms with E-state index in [4.69, 9.17) is 0 Å². The minimum absolute atomic E-state index is 0.364. The van der Waals surface area contributed by atoms with Gasteiger partial charge in [-0.2, -0.15) is 13.2 Å². The molecule has 0 bridgehead atoms. The van der Waals surface area contributed by atoms with Crippen LogP contribution >= 0.6 is 0 Å². The maximum Gasteiger partial charge on any atom is 0.416 e. The van der Waals surface area contributed by atoms with Crippen LogP contribution in [0, 0.1) is 5.41 Å². The predicted molar refractivity (Wildman–Crippen MR) is 63.6 cm³/mol. The van der Waals surface area contributed by atoms with Gasteiger partial charge in [-0.1, -0.05) is 0 Å². The molecule has 0 unspecified atom stereocenters. The van der Waals surface area contributed by atoms with Crippen molar-refractivity contribution in [3.05, 3.63) is 29.8 Å². The van der Waals surface area contributed by atoms with E-state index in [2.05, 4.69) is 10.2 Å². The summed E-state index contributed by atoms with van der Waals surface area (Å²) >= 11 is 0. The Kier molecular flexibility index (Phi) is 2.55. The Morgan fingerprint density at radius 2 is 1.78 bits per heavy atom. The molecule has 2 heterocycles. The topological polar surface area (TPSA) is 15.3 Å². The molecule has 0 aliphatic carbocycles. The highest BCUT2D eigenvalue weighted by Gasteiger charge is 2.43. The fraction of sp³-hybridized carbons (Fsp3) is 0.538. The van der Waals surface area contributed by atoms with Crippen molar-refractivity contribution in [2.45, 2.75) is 12.6 Å². The molecule has 2 aliphatic rings. The SMILES string of the molecule is FC(F)(F)c1ccc(N2CCC3(CNC3)C2)cc1. The summed E-state index contributed by atoms with van der Waals surface area (Å²) in [4.78, 5) is 2.18. The lowest BCUT2D eigenvalue weighted by atomic mass is 9.81. The van der Waals surface area contributed by atoms with Gasteiger partial charge < -0.3 is 10.2 Å². The lowest BCUT2D eigenvalue weighted by Crippen LogP contribution is -2.54. The molecule has 0 atom stereocenters. The fourth-order valence-corrected chi connectivity index (χ4v) is 2.78. The molecule has 2 nitrogen and oxygen atoms in total. The summed E-state index contributed by atoms with van der Waals surface area (Å²) in [6.45, 7) is 3.95. The average molecular weight is 256 g/mol. The molecule has 0 amide bonds. The van der Waals surface area contributed by atoms with Gasteiger partial charge in [-0.15, -0.1) is 0 Å². The van der Waals surface area contributed by atoms with Crippen LogP contribution in [-0.4, -0.2) is 26.2 Å². The molecule has 18 heavy (non-hydrogen) atoms. The van der Waals surface area contributed by atoms with Crippen molar-refractivity contribution >= 4 is 5.69 Å². The van der Waals surface area contributed by atoms with Gasteiger partial charge in [0.25, 0.3) is 0 Å². The lowest BCUT2D eigenvalue weighted by Gasteiger charge is -2.39. The molecule has 1 aromatic rings. The predicted octanol–water partition coefficient (Wildman–Crippen LogP) is 2.51. The standard InChI is InChI=1S/C13H15F3N2/c14-13(15,16)10-1-3-11(4-2-10)18-6-5-12(9-18)7-17-8-12/h1-4,17H,5-9H2. The molecule has 3 rings (SSSR count). The number of hydrogen-bond donors (Lipinski definition) is 1. The van der Waals surface area contributed by atoms with E-state index in [0.717, 1.165) is 38.3 Å². The van der Waals surface area contributed by atoms with Gasteiger partial charge in [-0.25, -0.2) is 0 Å². The second kappa shape index (κ2) is 3.88. The molecule has 1 N–H and O–H groups in total. The minimum Gasteiger partial charge on any atom is -0.371 e. The number of rotatable bonds is 1. The maximum atomic E-state index is 12.5. The van der Waals surface area contributed by atoms with E-state index >= 15 is 0 Å². The monoisotopic (exact) mass is 256 g/mol. The summed E-state index contributed by atoms with van der Waals surface area (Å²) in [6, 6.07) is 5.49. The second-order valence-corrected chi connectivity index (χ2v) is 5.32. The molecule has 2 fully saturated rings. The third kappa shape index (κ3) is 1.96. The maximum absolute atomic E-state index is 12.5. The van der Waals surface area contributed by atoms with Crippen molar-refractivity contribution < 1.29 is 13.2 Å². The van der Waals surface area contributed by atoms with Crippen LogP contribution in [0.25, 0.3) is 0 Å². The normalized spacial score (nSPS) is 22.3. The number of nitrogens with zero attached hydrogens (tertiary/aromatic N) is 1. The second-order valence-electron chi connectivity index (χ2n) is 5.32. The van der Waals surface area contributed by atoms with E-state index in [-0.39, 0.29) is 0 Å². The van der Waals surface area contributed by atoms with Gasteiger partial charge in [0.1, 0.15) is 0 Å². The van der Waals surface area contributed by atoms with E-state index in [1.54, 1.807) is 12.1 Å². The van der Waals surface area contributed by atoms with Crippen molar-refractivity contribution in [3.63, 3.8) is 0 Å². The van der Waals surface area contributed by atoms with E-state index in [1.165, 1.54) is 12.1 Å². The highest BCUT2D eigenvalue weighted by atomic mass is 19.4. The largest absolute Gasteiger partial charge is 0.416 e. The lowest BCUT2D eigenvalue weighted by molar-refractivity contribution is -0.137. The van der Waals surface area contributed by atoms with Crippen LogP contribution in [0.4, 0.5) is 18.9 Å².